The van der Waals surface area contributed by atoms with Gasteiger partial charge in [-0.2, -0.15) is 0 Å². The van der Waals surface area contributed by atoms with E-state index in [4.69, 9.17) is 21.1 Å². The van der Waals surface area contributed by atoms with Gasteiger partial charge >= 0.3 is 5.97 Å². The van der Waals surface area contributed by atoms with Crippen LogP contribution in [0.2, 0.25) is 5.02 Å². The predicted molar refractivity (Wildman–Crippen MR) is 75.8 cm³/mol. The van der Waals surface area contributed by atoms with Gasteiger partial charge in [-0.1, -0.05) is 23.4 Å². The van der Waals surface area contributed by atoms with E-state index in [1.165, 1.54) is 0 Å². The average molecular weight is 397 g/mol. The summed E-state index contributed by atoms with van der Waals surface area (Å²) in [5.74, 6) is -0.722. The summed E-state index contributed by atoms with van der Waals surface area (Å²) >= 11 is 9.01. The molecular weight excluding hydrogens is 391 g/mol. The van der Waals surface area contributed by atoms with E-state index in [-0.39, 0.29) is 11.0 Å². The van der Waals surface area contributed by atoms with Crippen LogP contribution in [0.4, 0.5) is 0 Å². The number of carbonyl (C=O) groups is 1. The van der Waals surface area contributed by atoms with E-state index in [0.29, 0.717) is 10.9 Å². The molecule has 0 amide bonds. The van der Waals surface area contributed by atoms with Gasteiger partial charge in [0.1, 0.15) is 5.75 Å². The summed E-state index contributed by atoms with van der Waals surface area (Å²) in [6.07, 6.45) is 0. The normalized spacial score (nSPS) is 10.6. The Kier molecular flexibility index (Phi) is 4.46. The molecule has 0 spiro atoms. The second kappa shape index (κ2) is 5.89. The van der Waals surface area contributed by atoms with Gasteiger partial charge in [0.05, 0.1) is 5.56 Å². The molecule has 1 heterocycles. The Morgan fingerprint density at radius 2 is 2.28 bits per heavy atom. The van der Waals surface area contributed by atoms with Crippen LogP contribution in [-0.2, 0) is 4.79 Å². The molecule has 0 radical (unpaired) electrons. The van der Waals surface area contributed by atoms with Crippen molar-refractivity contribution in [1.82, 2.24) is 10.2 Å². The summed E-state index contributed by atoms with van der Waals surface area (Å²) in [5, 5.41) is 17.0. The standard InChI is InChI=1S/C10H6ClIN2O3S/c11-5-1-2-7(12)6(3-5)9-13-14-10(17-9)18-4-8(15)16/h1-3H,4H2,(H,15,16). The molecule has 1 aromatic carbocycles. The maximum absolute atomic E-state index is 10.4. The van der Waals surface area contributed by atoms with E-state index in [9.17, 15) is 4.79 Å². The highest BCUT2D eigenvalue weighted by Gasteiger charge is 2.13. The Morgan fingerprint density at radius 1 is 1.50 bits per heavy atom. The van der Waals surface area contributed by atoms with Crippen LogP contribution >= 0.6 is 46.0 Å². The molecule has 1 N–H and O–H groups in total. The van der Waals surface area contributed by atoms with Crippen LogP contribution < -0.4 is 0 Å². The first-order valence-electron chi connectivity index (χ1n) is 4.70. The Morgan fingerprint density at radius 3 is 3.00 bits per heavy atom. The third kappa shape index (κ3) is 3.36. The minimum absolute atomic E-state index is 0.117. The van der Waals surface area contributed by atoms with Crippen molar-refractivity contribution < 1.29 is 14.3 Å². The number of nitrogens with zero attached hydrogens (tertiary/aromatic N) is 2. The summed E-state index contributed by atoms with van der Waals surface area (Å²) in [6.45, 7) is 0. The number of halogens is 2. The van der Waals surface area contributed by atoms with Crippen LogP contribution in [0.5, 0.6) is 0 Å². The molecule has 0 atom stereocenters. The quantitative estimate of drug-likeness (QED) is 0.632. The van der Waals surface area contributed by atoms with Gasteiger partial charge in [0.2, 0.25) is 5.89 Å². The first-order chi connectivity index (χ1) is 8.56. The van der Waals surface area contributed by atoms with Gasteiger partial charge in [0.15, 0.2) is 0 Å². The zero-order valence-electron chi connectivity index (χ0n) is 8.76. The summed E-state index contributed by atoms with van der Waals surface area (Å²) in [4.78, 5) is 10.4. The summed E-state index contributed by atoms with van der Waals surface area (Å²) in [6, 6.07) is 5.33. The molecule has 5 nitrogen and oxygen atoms in total. The number of hydrogen-bond donors (Lipinski definition) is 1. The van der Waals surface area contributed by atoms with E-state index >= 15 is 0 Å². The Bertz CT molecular complexity index is 590. The van der Waals surface area contributed by atoms with Crippen LogP contribution in [0, 0.1) is 3.57 Å². The Labute approximate surface area is 125 Å². The number of rotatable bonds is 4. The molecule has 0 aliphatic rings. The third-order valence-electron chi connectivity index (χ3n) is 1.88. The van der Waals surface area contributed by atoms with Gasteiger partial charge in [-0.15, -0.1) is 10.2 Å². The molecule has 0 aliphatic carbocycles. The largest absolute Gasteiger partial charge is 0.481 e. The summed E-state index contributed by atoms with van der Waals surface area (Å²) < 4.78 is 6.30. The fourth-order valence-electron chi connectivity index (χ4n) is 1.16. The first kappa shape index (κ1) is 13.6. The molecule has 2 rings (SSSR count). The molecule has 2 aromatic rings. The number of thioether (sulfide) groups is 1. The lowest BCUT2D eigenvalue weighted by Gasteiger charge is -1.99. The van der Waals surface area contributed by atoms with Gasteiger partial charge in [-0.3, -0.25) is 4.79 Å². The fourth-order valence-corrected chi connectivity index (χ4v) is 2.38. The number of hydrogen-bond acceptors (Lipinski definition) is 5. The van der Waals surface area contributed by atoms with E-state index in [0.717, 1.165) is 20.9 Å². The van der Waals surface area contributed by atoms with Gasteiger partial charge in [0.25, 0.3) is 5.22 Å². The van der Waals surface area contributed by atoms with Crippen molar-refractivity contribution >= 4 is 51.9 Å². The second-order valence-corrected chi connectivity index (χ2v) is 5.70. The van der Waals surface area contributed by atoms with Crippen molar-refractivity contribution in [3.05, 3.63) is 26.8 Å². The fraction of sp³-hybridized carbons (Fsp3) is 0.100. The monoisotopic (exact) mass is 396 g/mol. The minimum Gasteiger partial charge on any atom is -0.481 e. The van der Waals surface area contributed by atoms with Crippen molar-refractivity contribution in [3.8, 4) is 11.5 Å². The first-order valence-corrected chi connectivity index (χ1v) is 7.14. The molecule has 94 valence electrons. The summed E-state index contributed by atoms with van der Waals surface area (Å²) in [7, 11) is 0. The number of carboxylic acids is 1. The Hall–Kier alpha value is -0.800. The van der Waals surface area contributed by atoms with E-state index in [2.05, 4.69) is 32.8 Å². The SMILES string of the molecule is O=C(O)CSc1nnc(-c2cc(Cl)ccc2I)o1. The van der Waals surface area contributed by atoms with Gasteiger partial charge in [-0.25, -0.2) is 0 Å². The second-order valence-electron chi connectivity index (χ2n) is 3.18. The van der Waals surface area contributed by atoms with Crippen LogP contribution in [0.1, 0.15) is 0 Å². The number of aliphatic carboxylic acids is 1. The number of carboxylic acid groups (broad SMARTS) is 1. The van der Waals surface area contributed by atoms with Crippen molar-refractivity contribution in [2.75, 3.05) is 5.75 Å². The van der Waals surface area contributed by atoms with Crippen molar-refractivity contribution in [1.29, 1.82) is 0 Å². The molecule has 0 bridgehead atoms. The Balaban J connectivity index is 2.23. The maximum atomic E-state index is 10.4. The highest BCUT2D eigenvalue weighted by Crippen LogP contribution is 2.29. The highest BCUT2D eigenvalue weighted by atomic mass is 127. The van der Waals surface area contributed by atoms with E-state index < -0.39 is 5.97 Å². The van der Waals surface area contributed by atoms with Crippen LogP contribution in [0.3, 0.4) is 0 Å². The smallest absolute Gasteiger partial charge is 0.314 e. The lowest BCUT2D eigenvalue weighted by Crippen LogP contribution is -1.97. The zero-order valence-corrected chi connectivity index (χ0v) is 12.5. The molecule has 0 saturated heterocycles. The molecule has 8 heteroatoms. The topological polar surface area (TPSA) is 76.2 Å². The number of benzene rings is 1. The molecule has 0 unspecified atom stereocenters. The van der Waals surface area contributed by atoms with E-state index in [1.807, 2.05) is 6.07 Å². The molecule has 1 aromatic heterocycles. The summed E-state index contributed by atoms with van der Waals surface area (Å²) in [5.41, 5.74) is 0.734. The third-order valence-corrected chi connectivity index (χ3v) is 3.86. The minimum atomic E-state index is -0.933. The van der Waals surface area contributed by atoms with Gasteiger partial charge in [-0.05, 0) is 40.8 Å². The maximum Gasteiger partial charge on any atom is 0.314 e. The highest BCUT2D eigenvalue weighted by molar-refractivity contribution is 14.1. The van der Waals surface area contributed by atoms with Crippen molar-refractivity contribution in [3.63, 3.8) is 0 Å². The molecule has 18 heavy (non-hydrogen) atoms. The lowest BCUT2D eigenvalue weighted by molar-refractivity contribution is -0.133. The number of aromatic nitrogens is 2. The van der Waals surface area contributed by atoms with Crippen LogP contribution in [0.15, 0.2) is 27.8 Å². The van der Waals surface area contributed by atoms with Gasteiger partial charge < -0.3 is 9.52 Å². The van der Waals surface area contributed by atoms with Crippen LogP contribution in [0.25, 0.3) is 11.5 Å². The van der Waals surface area contributed by atoms with Crippen LogP contribution in [-0.4, -0.2) is 27.0 Å². The molecule has 0 aliphatic heterocycles. The zero-order chi connectivity index (χ0) is 13.1. The van der Waals surface area contributed by atoms with Gasteiger partial charge in [0, 0.05) is 8.59 Å². The molecule has 0 saturated carbocycles. The average Bonchev–Trinajstić information content (AvgIpc) is 2.78. The predicted octanol–water partition coefficient (Wildman–Crippen LogP) is 3.17. The lowest BCUT2D eigenvalue weighted by atomic mass is 10.2. The van der Waals surface area contributed by atoms with Crippen molar-refractivity contribution in [2.45, 2.75) is 5.22 Å². The van der Waals surface area contributed by atoms with E-state index in [1.54, 1.807) is 12.1 Å². The molecular formula is C10H6ClIN2O3S. The van der Waals surface area contributed by atoms with Crippen molar-refractivity contribution in [2.24, 2.45) is 0 Å². The molecule has 0 fully saturated rings.